The molecule has 0 aliphatic carbocycles. The van der Waals surface area contributed by atoms with Crippen molar-refractivity contribution in [2.45, 2.75) is 18.8 Å². The maximum Gasteiger partial charge on any atom is 0.260 e. The summed E-state index contributed by atoms with van der Waals surface area (Å²) in [5.41, 5.74) is 2.81. The van der Waals surface area contributed by atoms with Crippen molar-refractivity contribution in [2.75, 3.05) is 19.0 Å². The Balaban J connectivity index is 1.75. The molecule has 0 spiro atoms. The zero-order chi connectivity index (χ0) is 20.8. The summed E-state index contributed by atoms with van der Waals surface area (Å²) < 4.78 is 11.6. The molecule has 0 unspecified atom stereocenters. The van der Waals surface area contributed by atoms with Crippen LogP contribution in [0, 0.1) is 12.3 Å². The molecule has 0 bridgehead atoms. The third kappa shape index (κ3) is 5.28. The third-order valence-electron chi connectivity index (χ3n) is 4.24. The molecule has 0 saturated carbocycles. The molecule has 2 N–H and O–H groups in total. The van der Waals surface area contributed by atoms with Gasteiger partial charge in [0.15, 0.2) is 17.0 Å². The highest BCUT2D eigenvalue weighted by molar-refractivity contribution is 9.10. The van der Waals surface area contributed by atoms with Gasteiger partial charge in [-0.05, 0) is 63.8 Å². The number of nitrogens with one attached hydrogen (secondary N) is 2. The third-order valence-corrected chi connectivity index (χ3v) is 5.86. The first-order valence-electron chi connectivity index (χ1n) is 9.02. The second-order valence-electron chi connectivity index (χ2n) is 6.20. The molecule has 5 nitrogen and oxygen atoms in total. The Morgan fingerprint density at radius 1 is 1.34 bits per heavy atom. The lowest BCUT2D eigenvalue weighted by molar-refractivity contribution is -0.116. The SMILES string of the molecule is C#CCOc1c(Br)cc(/C=C2\S[C@@H](Nc3ccc(CC)cc3)NC2=O)cc1OC. The van der Waals surface area contributed by atoms with Gasteiger partial charge in [0.05, 0.1) is 16.5 Å². The Labute approximate surface area is 183 Å². The fraction of sp³-hybridized carbons (Fsp3) is 0.227. The molecular formula is C22H21BrN2O3S. The number of carbonyl (C=O) groups excluding carboxylic acids is 1. The van der Waals surface area contributed by atoms with Crippen molar-refractivity contribution < 1.29 is 14.3 Å². The summed E-state index contributed by atoms with van der Waals surface area (Å²) in [6.07, 6.45) is 8.07. The van der Waals surface area contributed by atoms with E-state index in [1.165, 1.54) is 17.3 Å². The number of benzene rings is 2. The van der Waals surface area contributed by atoms with E-state index in [0.717, 1.165) is 17.7 Å². The van der Waals surface area contributed by atoms with Gasteiger partial charge in [-0.15, -0.1) is 6.42 Å². The molecule has 7 heteroatoms. The lowest BCUT2D eigenvalue weighted by Crippen LogP contribution is -2.30. The first kappa shape index (κ1) is 21.2. The fourth-order valence-electron chi connectivity index (χ4n) is 2.78. The normalized spacial score (nSPS) is 17.0. The lowest BCUT2D eigenvalue weighted by atomic mass is 10.1. The first-order valence-corrected chi connectivity index (χ1v) is 10.7. The molecule has 150 valence electrons. The van der Waals surface area contributed by atoms with Crippen LogP contribution in [0.4, 0.5) is 5.69 Å². The largest absolute Gasteiger partial charge is 0.493 e. The average molecular weight is 473 g/mol. The molecular weight excluding hydrogens is 452 g/mol. The minimum Gasteiger partial charge on any atom is -0.493 e. The highest BCUT2D eigenvalue weighted by atomic mass is 79.9. The van der Waals surface area contributed by atoms with Crippen LogP contribution in [0.3, 0.4) is 0 Å². The van der Waals surface area contributed by atoms with Crippen LogP contribution in [0.5, 0.6) is 11.5 Å². The summed E-state index contributed by atoms with van der Waals surface area (Å²) in [6.45, 7) is 2.26. The molecule has 1 fully saturated rings. The fourth-order valence-corrected chi connectivity index (χ4v) is 4.34. The van der Waals surface area contributed by atoms with Crippen molar-refractivity contribution in [3.63, 3.8) is 0 Å². The maximum absolute atomic E-state index is 12.4. The van der Waals surface area contributed by atoms with Crippen molar-refractivity contribution in [1.82, 2.24) is 5.32 Å². The van der Waals surface area contributed by atoms with Crippen molar-refractivity contribution in [2.24, 2.45) is 0 Å². The van der Waals surface area contributed by atoms with Gasteiger partial charge < -0.3 is 20.1 Å². The quantitative estimate of drug-likeness (QED) is 0.454. The molecule has 2 aromatic carbocycles. The molecule has 2 aromatic rings. The second-order valence-corrected chi connectivity index (χ2v) is 8.20. The Bertz CT molecular complexity index is 967. The maximum atomic E-state index is 12.4. The summed E-state index contributed by atoms with van der Waals surface area (Å²) in [6, 6.07) is 11.9. The average Bonchev–Trinajstić information content (AvgIpc) is 3.06. The number of hydrogen-bond donors (Lipinski definition) is 2. The van der Waals surface area contributed by atoms with E-state index in [-0.39, 0.29) is 18.0 Å². The van der Waals surface area contributed by atoms with E-state index in [4.69, 9.17) is 15.9 Å². The van der Waals surface area contributed by atoms with Gasteiger partial charge in [0.1, 0.15) is 6.61 Å². The number of thioether (sulfide) groups is 1. The minimum atomic E-state index is -0.232. The van der Waals surface area contributed by atoms with Gasteiger partial charge in [-0.1, -0.05) is 36.7 Å². The van der Waals surface area contributed by atoms with Gasteiger partial charge in [-0.2, -0.15) is 0 Å². The van der Waals surface area contributed by atoms with Gasteiger partial charge in [-0.3, -0.25) is 4.79 Å². The summed E-state index contributed by atoms with van der Waals surface area (Å²) in [4.78, 5) is 13.0. The Kier molecular flexibility index (Phi) is 7.13. The zero-order valence-corrected chi connectivity index (χ0v) is 18.5. The van der Waals surface area contributed by atoms with Crippen molar-refractivity contribution >= 4 is 45.4 Å². The van der Waals surface area contributed by atoms with Gasteiger partial charge in [0, 0.05) is 5.69 Å². The monoisotopic (exact) mass is 472 g/mol. The minimum absolute atomic E-state index is 0.125. The van der Waals surface area contributed by atoms with E-state index in [1.54, 1.807) is 7.11 Å². The van der Waals surface area contributed by atoms with Gasteiger partial charge in [0.25, 0.3) is 5.91 Å². The van der Waals surface area contributed by atoms with E-state index < -0.39 is 0 Å². The number of halogens is 1. The predicted molar refractivity (Wildman–Crippen MR) is 122 cm³/mol. The topological polar surface area (TPSA) is 59.6 Å². The van der Waals surface area contributed by atoms with Crippen molar-refractivity contribution in [3.8, 4) is 23.8 Å². The number of rotatable bonds is 7. The molecule has 1 aliphatic heterocycles. The zero-order valence-electron chi connectivity index (χ0n) is 16.1. The number of aryl methyl sites for hydroxylation is 1. The van der Waals surface area contributed by atoms with Crippen LogP contribution in [-0.2, 0) is 11.2 Å². The number of terminal acetylenes is 1. The summed E-state index contributed by atoms with van der Waals surface area (Å²) in [5, 5.41) is 6.26. The van der Waals surface area contributed by atoms with Crippen LogP contribution in [0.1, 0.15) is 18.1 Å². The number of amides is 1. The van der Waals surface area contributed by atoms with E-state index in [9.17, 15) is 4.79 Å². The Morgan fingerprint density at radius 2 is 2.10 bits per heavy atom. The van der Waals surface area contributed by atoms with Gasteiger partial charge >= 0.3 is 0 Å². The predicted octanol–water partition coefficient (Wildman–Crippen LogP) is 4.63. The second kappa shape index (κ2) is 9.77. The van der Waals surface area contributed by atoms with E-state index >= 15 is 0 Å². The highest BCUT2D eigenvalue weighted by Crippen LogP contribution is 2.38. The smallest absolute Gasteiger partial charge is 0.260 e. The molecule has 1 saturated heterocycles. The summed E-state index contributed by atoms with van der Waals surface area (Å²) >= 11 is 4.91. The lowest BCUT2D eigenvalue weighted by Gasteiger charge is -2.13. The van der Waals surface area contributed by atoms with Crippen LogP contribution >= 0.6 is 27.7 Å². The van der Waals surface area contributed by atoms with Crippen LogP contribution in [0.25, 0.3) is 6.08 Å². The Hall–Kier alpha value is -2.56. The number of hydrogen-bond acceptors (Lipinski definition) is 5. The summed E-state index contributed by atoms with van der Waals surface area (Å²) in [5.74, 6) is 3.38. The first-order chi connectivity index (χ1) is 14.0. The molecule has 1 amide bonds. The highest BCUT2D eigenvalue weighted by Gasteiger charge is 2.27. The van der Waals surface area contributed by atoms with Gasteiger partial charge in [-0.25, -0.2) is 0 Å². The summed E-state index contributed by atoms with van der Waals surface area (Å²) in [7, 11) is 1.56. The molecule has 1 aliphatic rings. The van der Waals surface area contributed by atoms with Crippen LogP contribution < -0.4 is 20.1 Å². The Morgan fingerprint density at radius 3 is 2.76 bits per heavy atom. The molecule has 1 atom stereocenters. The van der Waals surface area contributed by atoms with Crippen LogP contribution in [0.15, 0.2) is 45.8 Å². The van der Waals surface area contributed by atoms with Crippen molar-refractivity contribution in [3.05, 3.63) is 56.9 Å². The van der Waals surface area contributed by atoms with Crippen molar-refractivity contribution in [1.29, 1.82) is 0 Å². The van der Waals surface area contributed by atoms with Crippen LogP contribution in [0.2, 0.25) is 0 Å². The molecule has 1 heterocycles. The molecule has 29 heavy (non-hydrogen) atoms. The molecule has 0 aromatic heterocycles. The molecule has 0 radical (unpaired) electrons. The number of anilines is 1. The molecule has 3 rings (SSSR count). The van der Waals surface area contributed by atoms with E-state index in [0.29, 0.717) is 20.9 Å². The van der Waals surface area contributed by atoms with Gasteiger partial charge in [0.2, 0.25) is 0 Å². The number of ether oxygens (including phenoxy) is 2. The standard InChI is InChI=1S/C22H21BrN2O3S/c1-4-10-28-20-17(23)11-15(12-18(20)27-3)13-19-21(26)25-22(29-19)24-16-8-6-14(5-2)7-9-16/h1,6-9,11-13,22,24H,5,10H2,2-3H3,(H,25,26)/b19-13-/t22-/m0/s1. The number of carbonyl (C=O) groups is 1. The van der Waals surface area contributed by atoms with Crippen LogP contribution in [-0.4, -0.2) is 25.1 Å². The van der Waals surface area contributed by atoms with E-state index in [2.05, 4.69) is 51.5 Å². The number of methoxy groups -OCH3 is 1. The van der Waals surface area contributed by atoms with E-state index in [1.807, 2.05) is 30.3 Å².